The first kappa shape index (κ1) is 16.6. The van der Waals surface area contributed by atoms with Crippen LogP contribution in [0, 0.1) is 0 Å². The van der Waals surface area contributed by atoms with Gasteiger partial charge in [-0.1, -0.05) is 42.5 Å². The zero-order valence-corrected chi connectivity index (χ0v) is 13.2. The summed E-state index contributed by atoms with van der Waals surface area (Å²) in [4.78, 5) is 35.6. The molecule has 0 radical (unpaired) electrons. The fraction of sp³-hybridized carbons (Fsp3) is 0.167. The molecule has 3 N–H and O–H groups in total. The predicted octanol–water partition coefficient (Wildman–Crippen LogP) is 2.28. The van der Waals surface area contributed by atoms with Gasteiger partial charge in [0.25, 0.3) is 17.5 Å². The highest BCUT2D eigenvalue weighted by atomic mass is 19.1. The number of carboxylic acid groups (broad SMARTS) is 1. The largest absolute Gasteiger partial charge is 0.478 e. The number of aliphatic carboxylic acids is 1. The molecule has 0 fully saturated rings. The van der Waals surface area contributed by atoms with Crippen LogP contribution in [0.4, 0.5) is 10.1 Å². The predicted molar refractivity (Wildman–Crippen MR) is 88.5 cm³/mol. The average molecular weight is 342 g/mol. The molecule has 0 unspecified atom stereocenters. The van der Waals surface area contributed by atoms with Gasteiger partial charge in [-0.05, 0) is 24.1 Å². The molecule has 2 aromatic carbocycles. The van der Waals surface area contributed by atoms with Crippen LogP contribution in [0.1, 0.15) is 18.5 Å². The van der Waals surface area contributed by atoms with Gasteiger partial charge < -0.3 is 15.7 Å². The van der Waals surface area contributed by atoms with Crippen molar-refractivity contribution in [2.24, 2.45) is 0 Å². The summed E-state index contributed by atoms with van der Waals surface area (Å²) in [7, 11) is 0. The molecule has 2 aromatic rings. The second-order valence-electron chi connectivity index (χ2n) is 5.84. The number of rotatable bonds is 3. The number of nitrogens with one attached hydrogen (secondary N) is 2. The number of para-hydroxylation sites is 1. The summed E-state index contributed by atoms with van der Waals surface area (Å²) in [6.45, 7) is 0.639. The quantitative estimate of drug-likeness (QED) is 0.746. The van der Waals surface area contributed by atoms with Gasteiger partial charge in [0.2, 0.25) is 0 Å². The highest BCUT2D eigenvalue weighted by Crippen LogP contribution is 2.37. The van der Waals surface area contributed by atoms with Crippen molar-refractivity contribution >= 4 is 23.5 Å². The van der Waals surface area contributed by atoms with E-state index in [1.54, 1.807) is 36.4 Å². The monoisotopic (exact) mass is 342 g/mol. The third-order valence-electron chi connectivity index (χ3n) is 4.11. The lowest BCUT2D eigenvalue weighted by molar-refractivity contribution is -0.157. The van der Waals surface area contributed by atoms with Crippen molar-refractivity contribution in [3.8, 4) is 11.1 Å². The van der Waals surface area contributed by atoms with Gasteiger partial charge in [0, 0.05) is 11.3 Å². The van der Waals surface area contributed by atoms with E-state index < -0.39 is 29.5 Å². The van der Waals surface area contributed by atoms with Crippen molar-refractivity contribution < 1.29 is 23.9 Å². The lowest BCUT2D eigenvalue weighted by Gasteiger charge is -2.21. The maximum Gasteiger partial charge on any atom is 0.351 e. The summed E-state index contributed by atoms with van der Waals surface area (Å²) in [6, 6.07) is 12.8. The first-order valence-electron chi connectivity index (χ1n) is 7.55. The smallest absolute Gasteiger partial charge is 0.351 e. The Labute approximate surface area is 142 Å². The molecular weight excluding hydrogens is 327 g/mol. The first-order chi connectivity index (χ1) is 11.8. The van der Waals surface area contributed by atoms with Gasteiger partial charge in [-0.3, -0.25) is 9.59 Å². The molecule has 0 spiro atoms. The first-order valence-corrected chi connectivity index (χ1v) is 7.55. The van der Waals surface area contributed by atoms with Gasteiger partial charge in [-0.15, -0.1) is 0 Å². The van der Waals surface area contributed by atoms with Crippen LogP contribution in [0.5, 0.6) is 0 Å². The van der Waals surface area contributed by atoms with E-state index in [4.69, 9.17) is 5.11 Å². The van der Waals surface area contributed by atoms with E-state index in [9.17, 15) is 18.8 Å². The molecule has 6 nitrogen and oxygen atoms in total. The molecule has 0 aliphatic carbocycles. The van der Waals surface area contributed by atoms with Crippen molar-refractivity contribution in [1.82, 2.24) is 5.32 Å². The summed E-state index contributed by atoms with van der Waals surface area (Å²) in [6.07, 6.45) is 0. The van der Waals surface area contributed by atoms with Gasteiger partial charge in [-0.25, -0.2) is 9.18 Å². The molecule has 25 heavy (non-hydrogen) atoms. The molecule has 1 heterocycles. The lowest BCUT2D eigenvalue weighted by atomic mass is 9.95. The molecule has 3 rings (SSSR count). The van der Waals surface area contributed by atoms with E-state index >= 15 is 0 Å². The Morgan fingerprint density at radius 3 is 2.40 bits per heavy atom. The molecule has 1 aliphatic heterocycles. The highest BCUT2D eigenvalue weighted by Gasteiger charge is 2.44. The maximum atomic E-state index is 14.1. The SMILES string of the molecule is C[C@@](F)(C(=O)O)C(=O)N[C@@H]1C(=O)Nc2ccccc2-c2ccccc21. The van der Waals surface area contributed by atoms with Gasteiger partial charge in [0.05, 0.1) is 0 Å². The molecule has 7 heteroatoms. The summed E-state index contributed by atoms with van der Waals surface area (Å²) < 4.78 is 14.1. The normalized spacial score (nSPS) is 18.0. The van der Waals surface area contributed by atoms with E-state index in [0.29, 0.717) is 23.7 Å². The van der Waals surface area contributed by atoms with Crippen molar-refractivity contribution in [3.63, 3.8) is 0 Å². The van der Waals surface area contributed by atoms with E-state index in [1.165, 1.54) is 0 Å². The van der Waals surface area contributed by atoms with Crippen LogP contribution < -0.4 is 10.6 Å². The number of hydrogen-bond donors (Lipinski definition) is 3. The fourth-order valence-electron chi connectivity index (χ4n) is 2.67. The number of amides is 2. The van der Waals surface area contributed by atoms with Gasteiger partial charge in [-0.2, -0.15) is 0 Å². The summed E-state index contributed by atoms with van der Waals surface area (Å²) in [5.74, 6) is -3.89. The molecule has 128 valence electrons. The van der Waals surface area contributed by atoms with Gasteiger partial charge >= 0.3 is 5.97 Å². The van der Waals surface area contributed by atoms with Crippen LogP contribution in [0.15, 0.2) is 48.5 Å². The molecule has 0 bridgehead atoms. The zero-order chi connectivity index (χ0) is 18.2. The topological polar surface area (TPSA) is 95.5 Å². The third kappa shape index (κ3) is 2.84. The van der Waals surface area contributed by atoms with Crippen molar-refractivity contribution in [3.05, 3.63) is 54.1 Å². The van der Waals surface area contributed by atoms with Gasteiger partial charge in [0.15, 0.2) is 0 Å². The Kier molecular flexibility index (Phi) is 4.00. The Morgan fingerprint density at radius 1 is 1.12 bits per heavy atom. The highest BCUT2D eigenvalue weighted by molar-refractivity contribution is 6.09. The lowest BCUT2D eigenvalue weighted by Crippen LogP contribution is -2.50. The van der Waals surface area contributed by atoms with Crippen LogP contribution in [-0.4, -0.2) is 28.6 Å². The molecular formula is C18H15FN2O4. The fourth-order valence-corrected chi connectivity index (χ4v) is 2.67. The second-order valence-corrected chi connectivity index (χ2v) is 5.84. The average Bonchev–Trinajstić information content (AvgIpc) is 2.70. The molecule has 0 aromatic heterocycles. The van der Waals surface area contributed by atoms with E-state index in [1.807, 2.05) is 12.1 Å². The van der Waals surface area contributed by atoms with Crippen LogP contribution in [0.2, 0.25) is 0 Å². The summed E-state index contributed by atoms with van der Waals surface area (Å²) in [5.41, 5.74) is -0.687. The van der Waals surface area contributed by atoms with Crippen LogP contribution in [0.3, 0.4) is 0 Å². The van der Waals surface area contributed by atoms with Crippen LogP contribution >= 0.6 is 0 Å². The van der Waals surface area contributed by atoms with Crippen molar-refractivity contribution in [2.75, 3.05) is 5.32 Å². The number of benzene rings is 2. The minimum atomic E-state index is -3.14. The Bertz CT molecular complexity index is 879. The third-order valence-corrected chi connectivity index (χ3v) is 4.11. The molecule has 0 saturated carbocycles. The zero-order valence-electron chi connectivity index (χ0n) is 13.2. The minimum Gasteiger partial charge on any atom is -0.478 e. The molecule has 2 atom stereocenters. The minimum absolute atomic E-state index is 0.458. The van der Waals surface area contributed by atoms with Gasteiger partial charge in [0.1, 0.15) is 6.04 Å². The number of carbonyl (C=O) groups excluding carboxylic acids is 2. The maximum absolute atomic E-state index is 14.1. The standard InChI is InChI=1S/C18H15FN2O4/c1-18(19,17(24)25)16(23)21-14-12-8-3-2-6-10(12)11-7-4-5-9-13(11)20-15(14)22/h2-9,14H,1H3,(H,20,22)(H,21,23)(H,24,25)/t14-,18-/m0/s1. The second kappa shape index (κ2) is 6.01. The van der Waals surface area contributed by atoms with E-state index in [-0.39, 0.29) is 0 Å². The van der Waals surface area contributed by atoms with E-state index in [0.717, 1.165) is 5.56 Å². The Balaban J connectivity index is 2.06. The Morgan fingerprint density at radius 2 is 1.72 bits per heavy atom. The Hall–Kier alpha value is -3.22. The number of carbonyl (C=O) groups is 3. The molecule has 2 amide bonds. The number of halogens is 1. The molecule has 0 saturated heterocycles. The van der Waals surface area contributed by atoms with E-state index in [2.05, 4.69) is 10.6 Å². The van der Waals surface area contributed by atoms with Crippen LogP contribution in [0.25, 0.3) is 11.1 Å². The number of anilines is 1. The summed E-state index contributed by atoms with van der Waals surface area (Å²) in [5, 5.41) is 13.8. The number of hydrogen-bond acceptors (Lipinski definition) is 3. The summed E-state index contributed by atoms with van der Waals surface area (Å²) >= 11 is 0. The van der Waals surface area contributed by atoms with Crippen LogP contribution in [-0.2, 0) is 14.4 Å². The van der Waals surface area contributed by atoms with Crippen molar-refractivity contribution in [1.29, 1.82) is 0 Å². The van der Waals surface area contributed by atoms with Crippen molar-refractivity contribution in [2.45, 2.75) is 18.6 Å². The number of fused-ring (bicyclic) bond motifs is 3. The number of carboxylic acids is 1. The molecule has 1 aliphatic rings. The number of alkyl halides is 1.